The molecule has 1 aliphatic heterocycles. The summed E-state index contributed by atoms with van der Waals surface area (Å²) in [6.45, 7) is 2.29. The number of alkyl carbamates (subject to hydrolysis) is 1. The van der Waals surface area contributed by atoms with Crippen LogP contribution >= 0.6 is 11.8 Å². The van der Waals surface area contributed by atoms with Gasteiger partial charge >= 0.3 is 12.1 Å². The number of ether oxygens (including phenoxy) is 1. The Morgan fingerprint density at radius 3 is 2.73 bits per heavy atom. The highest BCUT2D eigenvalue weighted by molar-refractivity contribution is 8.00. The summed E-state index contributed by atoms with van der Waals surface area (Å²) in [5.74, 6) is -0.306. The number of nitrogens with one attached hydrogen (secondary N) is 1. The molecule has 0 saturated carbocycles. The van der Waals surface area contributed by atoms with Gasteiger partial charge in [-0.05, 0) is 18.4 Å². The van der Waals surface area contributed by atoms with E-state index in [1.165, 1.54) is 0 Å². The summed E-state index contributed by atoms with van der Waals surface area (Å²) >= 11 is 1.69. The maximum Gasteiger partial charge on any atom is 0.407 e. The van der Waals surface area contributed by atoms with Crippen LogP contribution in [0, 0.1) is 0 Å². The quantitative estimate of drug-likeness (QED) is 0.871. The highest BCUT2D eigenvalue weighted by Crippen LogP contribution is 2.34. The summed E-state index contributed by atoms with van der Waals surface area (Å²) in [7, 11) is 0. The van der Waals surface area contributed by atoms with Gasteiger partial charge in [0.1, 0.15) is 6.61 Å². The number of benzene rings is 1. The average molecular weight is 323 g/mol. The van der Waals surface area contributed by atoms with E-state index in [9.17, 15) is 9.59 Å². The number of hydrogen-bond donors (Lipinski definition) is 2. The number of amides is 1. The fourth-order valence-corrected chi connectivity index (χ4v) is 3.69. The van der Waals surface area contributed by atoms with Gasteiger partial charge in [-0.25, -0.2) is 4.79 Å². The van der Waals surface area contributed by atoms with Crippen LogP contribution in [0.1, 0.15) is 31.7 Å². The Hall–Kier alpha value is -1.69. The van der Waals surface area contributed by atoms with Crippen LogP contribution in [0.15, 0.2) is 30.3 Å². The Morgan fingerprint density at radius 1 is 1.41 bits per heavy atom. The van der Waals surface area contributed by atoms with Crippen molar-refractivity contribution in [3.8, 4) is 0 Å². The Kier molecular flexibility index (Phi) is 5.71. The van der Waals surface area contributed by atoms with Gasteiger partial charge in [0, 0.05) is 11.0 Å². The van der Waals surface area contributed by atoms with Gasteiger partial charge in [-0.3, -0.25) is 4.79 Å². The van der Waals surface area contributed by atoms with Crippen molar-refractivity contribution in [3.63, 3.8) is 0 Å². The monoisotopic (exact) mass is 323 g/mol. The largest absolute Gasteiger partial charge is 0.481 e. The minimum absolute atomic E-state index is 0.0762. The van der Waals surface area contributed by atoms with E-state index in [1.54, 1.807) is 11.8 Å². The molecule has 0 radical (unpaired) electrons. The third-order valence-electron chi connectivity index (χ3n) is 3.74. The molecule has 1 aliphatic rings. The van der Waals surface area contributed by atoms with Gasteiger partial charge in [-0.1, -0.05) is 37.3 Å². The standard InChI is InChI=1S/C16H21NO4S/c1-12-7-8-16(11-22-12,9-14(18)19)17-15(20)21-10-13-5-3-2-4-6-13/h2-6,12H,7-11H2,1H3,(H,17,20)(H,18,19). The fourth-order valence-electron chi connectivity index (χ4n) is 2.48. The van der Waals surface area contributed by atoms with E-state index in [4.69, 9.17) is 9.84 Å². The Labute approximate surface area is 134 Å². The van der Waals surface area contributed by atoms with Gasteiger partial charge in [0.25, 0.3) is 0 Å². The summed E-state index contributed by atoms with van der Waals surface area (Å²) in [5.41, 5.74) is 0.188. The zero-order valence-electron chi connectivity index (χ0n) is 12.6. The van der Waals surface area contributed by atoms with Crippen LogP contribution in [-0.2, 0) is 16.1 Å². The summed E-state index contributed by atoms with van der Waals surface area (Å²) in [6, 6.07) is 9.39. The SMILES string of the molecule is CC1CCC(CC(=O)O)(NC(=O)OCc2ccccc2)CS1. The van der Waals surface area contributed by atoms with Crippen molar-refractivity contribution in [2.45, 2.75) is 43.6 Å². The average Bonchev–Trinajstić information content (AvgIpc) is 2.49. The van der Waals surface area contributed by atoms with Crippen molar-refractivity contribution in [3.05, 3.63) is 35.9 Å². The van der Waals surface area contributed by atoms with Crippen LogP contribution in [0.5, 0.6) is 0 Å². The molecule has 120 valence electrons. The molecule has 1 aromatic rings. The molecular weight excluding hydrogens is 302 g/mol. The number of carboxylic acid groups (broad SMARTS) is 1. The molecule has 22 heavy (non-hydrogen) atoms. The molecule has 1 fully saturated rings. The molecule has 0 bridgehead atoms. The van der Waals surface area contributed by atoms with E-state index in [-0.39, 0.29) is 13.0 Å². The first-order valence-corrected chi connectivity index (χ1v) is 8.36. The lowest BCUT2D eigenvalue weighted by Crippen LogP contribution is -2.54. The number of rotatable bonds is 5. The van der Waals surface area contributed by atoms with Gasteiger partial charge in [-0.15, -0.1) is 0 Å². The maximum absolute atomic E-state index is 12.0. The molecule has 5 nitrogen and oxygen atoms in total. The number of aliphatic carboxylic acids is 1. The van der Waals surface area contributed by atoms with Crippen molar-refractivity contribution >= 4 is 23.8 Å². The van der Waals surface area contributed by atoms with E-state index in [1.807, 2.05) is 30.3 Å². The van der Waals surface area contributed by atoms with E-state index in [0.717, 1.165) is 12.0 Å². The minimum atomic E-state index is -0.904. The summed E-state index contributed by atoms with van der Waals surface area (Å²) in [5, 5.41) is 12.4. The van der Waals surface area contributed by atoms with Gasteiger partial charge in [0.15, 0.2) is 0 Å². The molecule has 0 aliphatic carbocycles. The Balaban J connectivity index is 1.92. The third kappa shape index (κ3) is 4.94. The molecule has 2 atom stereocenters. The van der Waals surface area contributed by atoms with Crippen molar-refractivity contribution in [2.24, 2.45) is 0 Å². The Bertz CT molecular complexity index is 512. The summed E-state index contributed by atoms with van der Waals surface area (Å²) in [6.07, 6.45) is 0.915. The first-order valence-electron chi connectivity index (χ1n) is 7.31. The normalized spacial score (nSPS) is 24.5. The summed E-state index contributed by atoms with van der Waals surface area (Å²) < 4.78 is 5.21. The van der Waals surface area contributed by atoms with E-state index < -0.39 is 17.6 Å². The second-order valence-electron chi connectivity index (χ2n) is 5.70. The molecule has 1 saturated heterocycles. The number of carbonyl (C=O) groups excluding carboxylic acids is 1. The van der Waals surface area contributed by atoms with Gasteiger partial charge in [0.2, 0.25) is 0 Å². The Morgan fingerprint density at radius 2 is 2.14 bits per heavy atom. The first-order chi connectivity index (χ1) is 10.5. The lowest BCUT2D eigenvalue weighted by molar-refractivity contribution is -0.138. The number of thioether (sulfide) groups is 1. The molecule has 1 heterocycles. The topological polar surface area (TPSA) is 75.6 Å². The first kappa shape index (κ1) is 16.7. The highest BCUT2D eigenvalue weighted by Gasteiger charge is 2.38. The van der Waals surface area contributed by atoms with Crippen molar-refractivity contribution < 1.29 is 19.4 Å². The van der Waals surface area contributed by atoms with Crippen LogP contribution in [-0.4, -0.2) is 33.7 Å². The van der Waals surface area contributed by atoms with Crippen LogP contribution < -0.4 is 5.32 Å². The van der Waals surface area contributed by atoms with Crippen molar-refractivity contribution in [1.29, 1.82) is 0 Å². The van der Waals surface area contributed by atoms with Gasteiger partial charge < -0.3 is 15.2 Å². The van der Waals surface area contributed by atoms with Crippen LogP contribution in [0.3, 0.4) is 0 Å². The number of hydrogen-bond acceptors (Lipinski definition) is 4. The zero-order chi connectivity index (χ0) is 16.0. The van der Waals surface area contributed by atoms with Crippen LogP contribution in [0.2, 0.25) is 0 Å². The van der Waals surface area contributed by atoms with E-state index in [2.05, 4.69) is 12.2 Å². The molecule has 2 unspecified atom stereocenters. The molecule has 0 aromatic heterocycles. The van der Waals surface area contributed by atoms with Crippen molar-refractivity contribution in [1.82, 2.24) is 5.32 Å². The predicted octanol–water partition coefficient (Wildman–Crippen LogP) is 3.04. The molecule has 1 amide bonds. The van der Waals surface area contributed by atoms with Crippen LogP contribution in [0.4, 0.5) is 4.79 Å². The lowest BCUT2D eigenvalue weighted by atomic mass is 9.90. The smallest absolute Gasteiger partial charge is 0.407 e. The van der Waals surface area contributed by atoms with Crippen LogP contribution in [0.25, 0.3) is 0 Å². The minimum Gasteiger partial charge on any atom is -0.481 e. The summed E-state index contributed by atoms with van der Waals surface area (Å²) in [4.78, 5) is 23.1. The van der Waals surface area contributed by atoms with Crippen molar-refractivity contribution in [2.75, 3.05) is 5.75 Å². The van der Waals surface area contributed by atoms with E-state index >= 15 is 0 Å². The fraction of sp³-hybridized carbons (Fsp3) is 0.500. The molecule has 2 rings (SSSR count). The molecule has 0 spiro atoms. The van der Waals surface area contributed by atoms with Gasteiger partial charge in [0.05, 0.1) is 12.0 Å². The third-order valence-corrected chi connectivity index (χ3v) is 5.27. The van der Waals surface area contributed by atoms with E-state index in [0.29, 0.717) is 17.4 Å². The molecule has 6 heteroatoms. The predicted molar refractivity (Wildman–Crippen MR) is 85.9 cm³/mol. The lowest BCUT2D eigenvalue weighted by Gasteiger charge is -2.38. The second-order valence-corrected chi connectivity index (χ2v) is 7.12. The molecule has 1 aromatic carbocycles. The maximum atomic E-state index is 12.0. The zero-order valence-corrected chi connectivity index (χ0v) is 13.4. The molecular formula is C16H21NO4S. The van der Waals surface area contributed by atoms with Gasteiger partial charge in [-0.2, -0.15) is 11.8 Å². The highest BCUT2D eigenvalue weighted by atomic mass is 32.2. The number of carboxylic acids is 1. The number of carbonyl (C=O) groups is 2. The molecule has 2 N–H and O–H groups in total. The second kappa shape index (κ2) is 7.54.